The van der Waals surface area contributed by atoms with Crippen LogP contribution in [-0.2, 0) is 9.53 Å². The number of anilines is 1. The number of piperidine rings is 1. The van der Waals surface area contributed by atoms with Crippen LogP contribution in [0.3, 0.4) is 0 Å². The van der Waals surface area contributed by atoms with Crippen molar-refractivity contribution in [3.8, 4) is 0 Å². The lowest BCUT2D eigenvalue weighted by molar-refractivity contribution is -0.120. The Morgan fingerprint density at radius 2 is 2.20 bits per heavy atom. The molecule has 108 valence electrons. The zero-order valence-corrected chi connectivity index (χ0v) is 11.9. The van der Waals surface area contributed by atoms with E-state index in [2.05, 4.69) is 10.6 Å². The summed E-state index contributed by atoms with van der Waals surface area (Å²) in [6.45, 7) is 3.49. The smallest absolute Gasteiger partial charge is 0.338 e. The Morgan fingerprint density at radius 3 is 2.85 bits per heavy atom. The number of esters is 1. The van der Waals surface area contributed by atoms with Crippen molar-refractivity contribution in [3.05, 3.63) is 29.3 Å². The van der Waals surface area contributed by atoms with Gasteiger partial charge in [-0.05, 0) is 44.0 Å². The van der Waals surface area contributed by atoms with Crippen LogP contribution in [0.4, 0.5) is 5.69 Å². The van der Waals surface area contributed by atoms with Crippen LogP contribution in [0.5, 0.6) is 0 Å². The fourth-order valence-electron chi connectivity index (χ4n) is 2.41. The first-order chi connectivity index (χ1) is 9.63. The minimum atomic E-state index is -0.391. The fraction of sp³-hybridized carbons (Fsp3) is 0.467. The molecule has 0 spiro atoms. The molecular formula is C15H20N2O3. The van der Waals surface area contributed by atoms with Gasteiger partial charge in [0, 0.05) is 12.2 Å². The average molecular weight is 276 g/mol. The number of methoxy groups -OCH3 is 1. The number of ether oxygens (including phenoxy) is 1. The largest absolute Gasteiger partial charge is 0.465 e. The van der Waals surface area contributed by atoms with Crippen molar-refractivity contribution in [3.63, 3.8) is 0 Å². The van der Waals surface area contributed by atoms with Gasteiger partial charge in [-0.25, -0.2) is 4.79 Å². The number of hydrogen-bond donors (Lipinski definition) is 2. The molecule has 0 saturated carbocycles. The average Bonchev–Trinajstić information content (AvgIpc) is 2.49. The number of carbonyl (C=O) groups excluding carboxylic acids is 2. The van der Waals surface area contributed by atoms with Crippen molar-refractivity contribution in [1.82, 2.24) is 5.32 Å². The summed E-state index contributed by atoms with van der Waals surface area (Å²) in [5.41, 5.74) is 1.88. The zero-order chi connectivity index (χ0) is 14.5. The minimum Gasteiger partial charge on any atom is -0.465 e. The molecule has 1 aliphatic rings. The molecule has 1 heterocycles. The fourth-order valence-corrected chi connectivity index (χ4v) is 2.41. The van der Waals surface area contributed by atoms with E-state index in [4.69, 9.17) is 4.74 Å². The van der Waals surface area contributed by atoms with Gasteiger partial charge in [0.15, 0.2) is 0 Å². The lowest BCUT2D eigenvalue weighted by Gasteiger charge is -2.22. The highest BCUT2D eigenvalue weighted by Gasteiger charge is 2.22. The predicted octanol–water partition coefficient (Wildman–Crippen LogP) is 1.72. The van der Waals surface area contributed by atoms with Crippen molar-refractivity contribution in [2.75, 3.05) is 25.5 Å². The van der Waals surface area contributed by atoms with E-state index in [-0.39, 0.29) is 11.8 Å². The molecule has 1 aromatic carbocycles. The summed E-state index contributed by atoms with van der Waals surface area (Å²) in [7, 11) is 1.35. The van der Waals surface area contributed by atoms with Crippen LogP contribution in [0.1, 0.15) is 28.8 Å². The van der Waals surface area contributed by atoms with Crippen LogP contribution in [0.2, 0.25) is 0 Å². The van der Waals surface area contributed by atoms with Gasteiger partial charge in [-0.2, -0.15) is 0 Å². The summed E-state index contributed by atoms with van der Waals surface area (Å²) in [6.07, 6.45) is 1.91. The molecule has 1 aliphatic heterocycles. The molecule has 1 aromatic rings. The number of hydrogen-bond acceptors (Lipinski definition) is 4. The zero-order valence-electron chi connectivity index (χ0n) is 11.9. The number of nitrogens with one attached hydrogen (secondary N) is 2. The predicted molar refractivity (Wildman–Crippen MR) is 76.7 cm³/mol. The van der Waals surface area contributed by atoms with Gasteiger partial charge in [-0.3, -0.25) is 4.79 Å². The monoisotopic (exact) mass is 276 g/mol. The van der Waals surface area contributed by atoms with E-state index in [0.29, 0.717) is 17.8 Å². The second kappa shape index (κ2) is 6.52. The second-order valence-electron chi connectivity index (χ2n) is 5.00. The van der Waals surface area contributed by atoms with Gasteiger partial charge in [-0.15, -0.1) is 0 Å². The van der Waals surface area contributed by atoms with E-state index in [1.54, 1.807) is 25.1 Å². The van der Waals surface area contributed by atoms with E-state index < -0.39 is 5.97 Å². The van der Waals surface area contributed by atoms with Gasteiger partial charge >= 0.3 is 5.97 Å². The highest BCUT2D eigenvalue weighted by Crippen LogP contribution is 2.21. The van der Waals surface area contributed by atoms with Crippen LogP contribution < -0.4 is 10.6 Å². The molecule has 0 aromatic heterocycles. The Labute approximate surface area is 118 Å². The molecule has 1 fully saturated rings. The first-order valence-corrected chi connectivity index (χ1v) is 6.83. The van der Waals surface area contributed by atoms with Crippen LogP contribution in [-0.4, -0.2) is 32.1 Å². The van der Waals surface area contributed by atoms with Crippen molar-refractivity contribution in [2.45, 2.75) is 19.8 Å². The third-order valence-corrected chi connectivity index (χ3v) is 3.66. The first-order valence-electron chi connectivity index (χ1n) is 6.83. The van der Waals surface area contributed by atoms with Crippen LogP contribution in [0.25, 0.3) is 0 Å². The maximum Gasteiger partial charge on any atom is 0.338 e. The maximum atomic E-state index is 12.2. The summed E-state index contributed by atoms with van der Waals surface area (Å²) in [6, 6.07) is 5.24. The Kier molecular flexibility index (Phi) is 4.74. The maximum absolute atomic E-state index is 12.2. The van der Waals surface area contributed by atoms with Gasteiger partial charge in [0.05, 0.1) is 18.6 Å². The Balaban J connectivity index is 2.12. The number of amides is 1. The van der Waals surface area contributed by atoms with Gasteiger partial charge in [0.25, 0.3) is 0 Å². The quantitative estimate of drug-likeness (QED) is 0.825. The minimum absolute atomic E-state index is 0.00214. The molecule has 1 amide bonds. The van der Waals surface area contributed by atoms with Gasteiger partial charge < -0.3 is 15.4 Å². The van der Waals surface area contributed by atoms with E-state index in [1.807, 2.05) is 0 Å². The van der Waals surface area contributed by atoms with Gasteiger partial charge in [-0.1, -0.05) is 6.07 Å². The Morgan fingerprint density at radius 1 is 1.40 bits per heavy atom. The van der Waals surface area contributed by atoms with E-state index in [9.17, 15) is 9.59 Å². The molecule has 5 nitrogen and oxygen atoms in total. The first kappa shape index (κ1) is 14.5. The van der Waals surface area contributed by atoms with Crippen molar-refractivity contribution >= 4 is 17.6 Å². The standard InChI is InChI=1S/C15H20N2O3/c1-10-12(15(19)20-2)6-3-7-13(10)17-14(18)11-5-4-8-16-9-11/h3,6-7,11,16H,4-5,8-9H2,1-2H3,(H,17,18)/t11-/m0/s1. The molecule has 2 N–H and O–H groups in total. The van der Waals surface area contributed by atoms with Crippen molar-refractivity contribution in [2.24, 2.45) is 5.92 Å². The number of carbonyl (C=O) groups is 2. The number of benzene rings is 1. The molecule has 0 bridgehead atoms. The van der Waals surface area contributed by atoms with Crippen LogP contribution in [0.15, 0.2) is 18.2 Å². The van der Waals surface area contributed by atoms with E-state index in [1.165, 1.54) is 7.11 Å². The summed E-state index contributed by atoms with van der Waals surface area (Å²) in [5, 5.41) is 6.13. The third-order valence-electron chi connectivity index (χ3n) is 3.66. The van der Waals surface area contributed by atoms with E-state index in [0.717, 1.165) is 24.9 Å². The molecule has 5 heteroatoms. The topological polar surface area (TPSA) is 67.4 Å². The number of rotatable bonds is 3. The molecule has 1 saturated heterocycles. The molecule has 0 radical (unpaired) electrons. The SMILES string of the molecule is COC(=O)c1cccc(NC(=O)[C@H]2CCCNC2)c1C. The molecule has 20 heavy (non-hydrogen) atoms. The lowest BCUT2D eigenvalue weighted by Crippen LogP contribution is -2.37. The second-order valence-corrected chi connectivity index (χ2v) is 5.00. The molecular weight excluding hydrogens is 256 g/mol. The summed E-state index contributed by atoms with van der Waals surface area (Å²) < 4.78 is 4.73. The Hall–Kier alpha value is -1.88. The normalized spacial score (nSPS) is 18.4. The summed E-state index contributed by atoms with van der Waals surface area (Å²) in [4.78, 5) is 23.8. The van der Waals surface area contributed by atoms with Gasteiger partial charge in [0.2, 0.25) is 5.91 Å². The van der Waals surface area contributed by atoms with Crippen LogP contribution >= 0.6 is 0 Å². The van der Waals surface area contributed by atoms with Gasteiger partial charge in [0.1, 0.15) is 0 Å². The van der Waals surface area contributed by atoms with Crippen molar-refractivity contribution < 1.29 is 14.3 Å². The summed E-state index contributed by atoms with van der Waals surface area (Å²) >= 11 is 0. The van der Waals surface area contributed by atoms with Crippen molar-refractivity contribution in [1.29, 1.82) is 0 Å². The summed E-state index contributed by atoms with van der Waals surface area (Å²) in [5.74, 6) is -0.398. The highest BCUT2D eigenvalue weighted by molar-refractivity contribution is 5.97. The molecule has 0 aliphatic carbocycles. The highest BCUT2D eigenvalue weighted by atomic mass is 16.5. The van der Waals surface area contributed by atoms with E-state index >= 15 is 0 Å². The lowest BCUT2D eigenvalue weighted by atomic mass is 9.98. The molecule has 2 rings (SSSR count). The van der Waals surface area contributed by atoms with Crippen LogP contribution in [0, 0.1) is 12.8 Å². The third kappa shape index (κ3) is 3.17. The molecule has 0 unspecified atom stereocenters. The Bertz CT molecular complexity index is 508. The molecule has 1 atom stereocenters.